The minimum atomic E-state index is -2.11. The second-order valence-electron chi connectivity index (χ2n) is 0.986. The molecule has 0 fully saturated rings. The summed E-state index contributed by atoms with van der Waals surface area (Å²) in [6.07, 6.45) is 1.52. The predicted molar refractivity (Wildman–Crippen MR) is 25.5 cm³/mol. The molecule has 0 aliphatic heterocycles. The first kappa shape index (κ1) is 1.92. The lowest BCUT2D eigenvalue weighted by Crippen LogP contribution is -1.62. The van der Waals surface area contributed by atoms with E-state index in [1.165, 1.54) is 6.92 Å². The van der Waals surface area contributed by atoms with E-state index >= 15 is 0 Å². The van der Waals surface area contributed by atoms with Gasteiger partial charge in [-0.2, -0.15) is 0 Å². The molecule has 0 N–H and O–H groups in total. The van der Waals surface area contributed by atoms with E-state index in [0.29, 0.717) is 6.29 Å². The van der Waals surface area contributed by atoms with Crippen LogP contribution >= 0.6 is 0 Å². The van der Waals surface area contributed by atoms with Crippen LogP contribution in [0.2, 0.25) is 0 Å². The van der Waals surface area contributed by atoms with Gasteiger partial charge in [0, 0.05) is 4.11 Å². The molecule has 0 rings (SSSR count). The molecule has 0 aliphatic rings. The smallest absolute Gasteiger partial charge is 0.142 e. The Bertz CT molecular complexity index is 134. The molecule has 0 atom stereocenters. The minimum absolute atomic E-state index is 0.123. The zero-order valence-electron chi connectivity index (χ0n) is 6.56. The molecule has 0 saturated heterocycles. The fourth-order valence-electron chi connectivity index (χ4n) is 0.102. The number of rotatable bonds is 1. The van der Waals surface area contributed by atoms with E-state index in [0.717, 1.165) is 6.08 Å². The highest BCUT2D eigenvalue weighted by atomic mass is 16.1. The van der Waals surface area contributed by atoms with E-state index in [1.54, 1.807) is 0 Å². The molecule has 0 aliphatic carbocycles. The van der Waals surface area contributed by atoms with Crippen molar-refractivity contribution in [3.05, 3.63) is 11.6 Å². The number of hydrogen-bond donors (Lipinski definition) is 0. The van der Waals surface area contributed by atoms with Gasteiger partial charge >= 0.3 is 0 Å². The molecular weight excluding hydrogens is 76.1 g/mol. The normalized spacial score (nSPS) is 20.8. The third-order valence-electron chi connectivity index (χ3n) is 0.318. The quantitative estimate of drug-likeness (QED) is 0.346. The third-order valence-corrected chi connectivity index (χ3v) is 0.318. The van der Waals surface area contributed by atoms with Crippen LogP contribution in [0.4, 0.5) is 0 Å². The van der Waals surface area contributed by atoms with Gasteiger partial charge in [0.25, 0.3) is 0 Å². The van der Waals surface area contributed by atoms with Crippen LogP contribution in [0.15, 0.2) is 11.6 Å². The Morgan fingerprint density at radius 1 is 2.00 bits per heavy atom. The van der Waals surface area contributed by atoms with Crippen LogP contribution in [0.1, 0.15) is 17.9 Å². The summed E-state index contributed by atoms with van der Waals surface area (Å²) in [4.78, 5) is 9.74. The van der Waals surface area contributed by atoms with E-state index in [1.807, 2.05) is 0 Å². The standard InChI is InChI=1S/C5H8O/c1-5(2)3-4-6/h3-4H,1-2H3/i1D3. The van der Waals surface area contributed by atoms with E-state index in [4.69, 9.17) is 4.11 Å². The molecule has 6 heavy (non-hydrogen) atoms. The van der Waals surface area contributed by atoms with Crippen LogP contribution in [-0.2, 0) is 4.79 Å². The van der Waals surface area contributed by atoms with Gasteiger partial charge in [-0.25, -0.2) is 0 Å². The molecule has 0 saturated carbocycles. The predicted octanol–water partition coefficient (Wildman–Crippen LogP) is 1.15. The Kier molecular flexibility index (Phi) is 0.842. The van der Waals surface area contributed by atoms with Crippen molar-refractivity contribution in [3.8, 4) is 0 Å². The van der Waals surface area contributed by atoms with Crippen LogP contribution in [0.25, 0.3) is 0 Å². The summed E-state index contributed by atoms with van der Waals surface area (Å²) >= 11 is 0. The minimum Gasteiger partial charge on any atom is -0.299 e. The van der Waals surface area contributed by atoms with Gasteiger partial charge in [-0.1, -0.05) is 5.57 Å². The zero-order chi connectivity index (χ0) is 7.49. The van der Waals surface area contributed by atoms with Gasteiger partial charge in [0.2, 0.25) is 0 Å². The molecular formula is C5H8O. The van der Waals surface area contributed by atoms with Crippen molar-refractivity contribution in [2.75, 3.05) is 0 Å². The van der Waals surface area contributed by atoms with Gasteiger partial charge < -0.3 is 0 Å². The second-order valence-corrected chi connectivity index (χ2v) is 0.986. The van der Waals surface area contributed by atoms with Crippen LogP contribution in [0.3, 0.4) is 0 Å². The van der Waals surface area contributed by atoms with Gasteiger partial charge in [-0.3, -0.25) is 4.79 Å². The molecule has 1 nitrogen and oxygen atoms in total. The van der Waals surface area contributed by atoms with Crippen molar-refractivity contribution in [3.63, 3.8) is 0 Å². The lowest BCUT2D eigenvalue weighted by atomic mass is 10.3. The summed E-state index contributed by atoms with van der Waals surface area (Å²) in [6, 6.07) is 0. The highest BCUT2D eigenvalue weighted by Crippen LogP contribution is 1.81. The van der Waals surface area contributed by atoms with Crippen molar-refractivity contribution in [1.82, 2.24) is 0 Å². The maximum Gasteiger partial charge on any atom is 0.142 e. The third kappa shape index (κ3) is 3.41. The molecule has 0 heterocycles. The average molecular weight is 87.1 g/mol. The van der Waals surface area contributed by atoms with Gasteiger partial charge in [-0.15, -0.1) is 0 Å². The first-order valence-electron chi connectivity index (χ1n) is 3.11. The Balaban J connectivity index is 4.19. The molecule has 0 aromatic carbocycles. The summed E-state index contributed by atoms with van der Waals surface area (Å²) in [7, 11) is 0. The summed E-state index contributed by atoms with van der Waals surface area (Å²) in [6.45, 7) is -0.706. The number of aldehydes is 1. The van der Waals surface area contributed by atoms with Gasteiger partial charge in [0.05, 0.1) is 0 Å². The van der Waals surface area contributed by atoms with E-state index < -0.39 is 6.85 Å². The highest BCUT2D eigenvalue weighted by molar-refractivity contribution is 5.65. The van der Waals surface area contributed by atoms with Crippen molar-refractivity contribution in [2.45, 2.75) is 13.8 Å². The lowest BCUT2D eigenvalue weighted by molar-refractivity contribution is -0.104. The van der Waals surface area contributed by atoms with Crippen molar-refractivity contribution in [1.29, 1.82) is 0 Å². The van der Waals surface area contributed by atoms with Gasteiger partial charge in [0.15, 0.2) is 0 Å². The molecule has 0 spiro atoms. The van der Waals surface area contributed by atoms with E-state index in [-0.39, 0.29) is 5.57 Å². The zero-order valence-corrected chi connectivity index (χ0v) is 3.56. The van der Waals surface area contributed by atoms with Crippen molar-refractivity contribution in [2.24, 2.45) is 0 Å². The number of hydrogen-bond acceptors (Lipinski definition) is 1. The maximum absolute atomic E-state index is 9.74. The molecule has 0 aromatic heterocycles. The lowest BCUT2D eigenvalue weighted by Gasteiger charge is -1.73. The number of carbonyl (C=O) groups excluding carboxylic acids is 1. The van der Waals surface area contributed by atoms with Gasteiger partial charge in [0.1, 0.15) is 6.29 Å². The largest absolute Gasteiger partial charge is 0.299 e. The summed E-state index contributed by atoms with van der Waals surface area (Å²) in [5.41, 5.74) is 0.123. The first-order chi connectivity index (χ1) is 3.98. The maximum atomic E-state index is 9.74. The topological polar surface area (TPSA) is 17.1 Å². The highest BCUT2D eigenvalue weighted by Gasteiger charge is 1.66. The Morgan fingerprint density at radius 3 is 2.83 bits per heavy atom. The van der Waals surface area contributed by atoms with Crippen LogP contribution < -0.4 is 0 Å². The van der Waals surface area contributed by atoms with Crippen molar-refractivity contribution >= 4 is 6.29 Å². The van der Waals surface area contributed by atoms with Crippen molar-refractivity contribution < 1.29 is 8.91 Å². The Morgan fingerprint density at radius 2 is 2.67 bits per heavy atom. The van der Waals surface area contributed by atoms with Gasteiger partial charge in [-0.05, 0) is 19.9 Å². The van der Waals surface area contributed by atoms with E-state index in [9.17, 15) is 4.79 Å². The molecule has 1 heteroatoms. The molecule has 0 radical (unpaired) electrons. The van der Waals surface area contributed by atoms with E-state index in [2.05, 4.69) is 0 Å². The number of allylic oxidation sites excluding steroid dienone is 2. The summed E-state index contributed by atoms with van der Waals surface area (Å²) < 4.78 is 20.2. The second kappa shape index (κ2) is 2.64. The SMILES string of the molecule is [2H]C([2H])([2H])C(C)=CC=O. The first-order valence-corrected chi connectivity index (χ1v) is 1.61. The Hall–Kier alpha value is -0.590. The summed E-state index contributed by atoms with van der Waals surface area (Å²) in [5, 5.41) is 0. The molecule has 0 bridgehead atoms. The monoisotopic (exact) mass is 87.1 g/mol. The van der Waals surface area contributed by atoms with Crippen LogP contribution in [0, 0.1) is 0 Å². The number of carbonyl (C=O) groups is 1. The van der Waals surface area contributed by atoms with Crippen LogP contribution in [-0.4, -0.2) is 6.29 Å². The molecule has 0 amide bonds. The Labute approximate surface area is 41.9 Å². The molecule has 0 unspecified atom stereocenters. The molecule has 0 aromatic rings. The fraction of sp³-hybridized carbons (Fsp3) is 0.400. The molecule has 34 valence electrons. The summed E-state index contributed by atoms with van der Waals surface area (Å²) in [5.74, 6) is 0. The average Bonchev–Trinajstić information content (AvgIpc) is 1.64. The van der Waals surface area contributed by atoms with Crippen LogP contribution in [0.5, 0.6) is 0 Å². The fourth-order valence-corrected chi connectivity index (χ4v) is 0.102.